The molecule has 0 unspecified atom stereocenters. The molecule has 0 heterocycles. The highest BCUT2D eigenvalue weighted by molar-refractivity contribution is 7.89. The predicted octanol–water partition coefficient (Wildman–Crippen LogP) is 1.45. The molecule has 0 aromatic heterocycles. The van der Waals surface area contributed by atoms with E-state index in [4.69, 9.17) is 5.26 Å². The molecule has 1 aromatic rings. The maximum Gasteiger partial charge on any atom is 0.243 e. The van der Waals surface area contributed by atoms with Gasteiger partial charge in [0.2, 0.25) is 10.0 Å². The summed E-state index contributed by atoms with van der Waals surface area (Å²) in [5.41, 5.74) is 1.97. The third-order valence-electron chi connectivity index (χ3n) is 2.48. The van der Waals surface area contributed by atoms with Gasteiger partial charge >= 0.3 is 0 Å². The molecule has 0 amide bonds. The van der Waals surface area contributed by atoms with Crippen LogP contribution in [0.1, 0.15) is 11.1 Å². The molecule has 5 heteroatoms. The number of hydrogen-bond acceptors (Lipinski definition) is 3. The molecular formula is C11H14N2O2S. The molecule has 0 saturated carbocycles. The van der Waals surface area contributed by atoms with Gasteiger partial charge in [-0.2, -0.15) is 9.57 Å². The Bertz CT molecular complexity index is 529. The van der Waals surface area contributed by atoms with E-state index in [9.17, 15) is 8.42 Å². The van der Waals surface area contributed by atoms with Gasteiger partial charge in [-0.1, -0.05) is 6.07 Å². The average Bonchev–Trinajstić information content (AvgIpc) is 2.22. The van der Waals surface area contributed by atoms with E-state index in [1.807, 2.05) is 19.9 Å². The lowest BCUT2D eigenvalue weighted by atomic mass is 10.1. The normalized spacial score (nSPS) is 11.4. The van der Waals surface area contributed by atoms with Crippen LogP contribution in [-0.4, -0.2) is 26.3 Å². The molecule has 0 radical (unpaired) electrons. The van der Waals surface area contributed by atoms with Crippen molar-refractivity contribution in [3.8, 4) is 6.07 Å². The number of nitrogens with zero attached hydrogens (tertiary/aromatic N) is 2. The molecule has 0 fully saturated rings. The zero-order chi connectivity index (χ0) is 12.3. The SMILES string of the molecule is Cc1ccc(S(=O)(=O)N(C)CC#N)cc1C. The van der Waals surface area contributed by atoms with Gasteiger partial charge < -0.3 is 0 Å². The lowest BCUT2D eigenvalue weighted by Gasteiger charge is -2.14. The zero-order valence-corrected chi connectivity index (χ0v) is 10.4. The molecule has 0 aliphatic rings. The second kappa shape index (κ2) is 4.64. The van der Waals surface area contributed by atoms with Gasteiger partial charge in [0.15, 0.2) is 0 Å². The topological polar surface area (TPSA) is 61.2 Å². The molecule has 0 atom stereocenters. The van der Waals surface area contributed by atoms with Crippen LogP contribution in [0, 0.1) is 25.2 Å². The Balaban J connectivity index is 3.18. The van der Waals surface area contributed by atoms with Crippen LogP contribution in [0.5, 0.6) is 0 Å². The van der Waals surface area contributed by atoms with Gasteiger partial charge in [-0.25, -0.2) is 8.42 Å². The summed E-state index contributed by atoms with van der Waals surface area (Å²) >= 11 is 0. The fraction of sp³-hybridized carbons (Fsp3) is 0.364. The van der Waals surface area contributed by atoms with Crippen LogP contribution in [-0.2, 0) is 10.0 Å². The van der Waals surface area contributed by atoms with Crippen molar-refractivity contribution in [2.24, 2.45) is 0 Å². The van der Waals surface area contributed by atoms with Crippen LogP contribution in [0.4, 0.5) is 0 Å². The first-order chi connectivity index (χ1) is 7.39. The molecule has 16 heavy (non-hydrogen) atoms. The average molecular weight is 238 g/mol. The molecule has 0 N–H and O–H groups in total. The third kappa shape index (κ3) is 2.40. The number of benzene rings is 1. The summed E-state index contributed by atoms with van der Waals surface area (Å²) in [7, 11) is -2.13. The summed E-state index contributed by atoms with van der Waals surface area (Å²) in [6, 6.07) is 6.77. The maximum atomic E-state index is 12.0. The van der Waals surface area contributed by atoms with Crippen LogP contribution in [0.2, 0.25) is 0 Å². The van der Waals surface area contributed by atoms with E-state index in [2.05, 4.69) is 0 Å². The Labute approximate surface area is 96.2 Å². The molecule has 0 aliphatic carbocycles. The lowest BCUT2D eigenvalue weighted by molar-refractivity contribution is 0.501. The number of hydrogen-bond donors (Lipinski definition) is 0. The van der Waals surface area contributed by atoms with Crippen molar-refractivity contribution in [2.75, 3.05) is 13.6 Å². The minimum atomic E-state index is -3.53. The predicted molar refractivity (Wildman–Crippen MR) is 61.3 cm³/mol. The van der Waals surface area contributed by atoms with Crippen molar-refractivity contribution in [1.82, 2.24) is 4.31 Å². The van der Waals surface area contributed by atoms with E-state index in [0.717, 1.165) is 15.4 Å². The summed E-state index contributed by atoms with van der Waals surface area (Å²) in [5.74, 6) is 0. The number of aryl methyl sites for hydroxylation is 2. The maximum absolute atomic E-state index is 12.0. The largest absolute Gasteiger partial charge is 0.243 e. The van der Waals surface area contributed by atoms with Crippen molar-refractivity contribution >= 4 is 10.0 Å². The van der Waals surface area contributed by atoms with Crippen molar-refractivity contribution in [1.29, 1.82) is 5.26 Å². The van der Waals surface area contributed by atoms with Crippen LogP contribution >= 0.6 is 0 Å². The van der Waals surface area contributed by atoms with Gasteiger partial charge in [0, 0.05) is 7.05 Å². The van der Waals surface area contributed by atoms with Gasteiger partial charge in [0.05, 0.1) is 11.0 Å². The van der Waals surface area contributed by atoms with Crippen LogP contribution in [0.25, 0.3) is 0 Å². The molecule has 0 saturated heterocycles. The zero-order valence-electron chi connectivity index (χ0n) is 9.56. The number of sulfonamides is 1. The Morgan fingerprint density at radius 1 is 1.31 bits per heavy atom. The highest BCUT2D eigenvalue weighted by Crippen LogP contribution is 2.17. The monoisotopic (exact) mass is 238 g/mol. The van der Waals surface area contributed by atoms with Crippen LogP contribution in [0.3, 0.4) is 0 Å². The standard InChI is InChI=1S/C11H14N2O2S/c1-9-4-5-11(8-10(9)2)16(14,15)13(3)7-6-12/h4-5,8H,7H2,1-3H3. The van der Waals surface area contributed by atoms with Crippen molar-refractivity contribution in [2.45, 2.75) is 18.7 Å². The smallest absolute Gasteiger partial charge is 0.207 e. The van der Waals surface area contributed by atoms with Crippen molar-refractivity contribution < 1.29 is 8.42 Å². The Morgan fingerprint density at radius 3 is 2.44 bits per heavy atom. The number of nitriles is 1. The minimum Gasteiger partial charge on any atom is -0.207 e. The summed E-state index contributed by atoms with van der Waals surface area (Å²) in [6.07, 6.45) is 0. The summed E-state index contributed by atoms with van der Waals surface area (Å²) in [4.78, 5) is 0.230. The van der Waals surface area contributed by atoms with E-state index in [-0.39, 0.29) is 11.4 Å². The second-order valence-electron chi connectivity index (χ2n) is 3.67. The van der Waals surface area contributed by atoms with Gasteiger partial charge in [0.1, 0.15) is 6.54 Å². The van der Waals surface area contributed by atoms with Gasteiger partial charge in [-0.15, -0.1) is 0 Å². The van der Waals surface area contributed by atoms with Gasteiger partial charge in [0.25, 0.3) is 0 Å². The molecular weight excluding hydrogens is 224 g/mol. The Morgan fingerprint density at radius 2 is 1.94 bits per heavy atom. The first-order valence-electron chi connectivity index (χ1n) is 4.80. The van der Waals surface area contributed by atoms with Gasteiger partial charge in [-0.05, 0) is 37.1 Å². The Kier molecular flexibility index (Phi) is 3.68. The van der Waals surface area contributed by atoms with Crippen molar-refractivity contribution in [3.05, 3.63) is 29.3 Å². The Hall–Kier alpha value is -1.38. The third-order valence-corrected chi connectivity index (χ3v) is 4.28. The van der Waals surface area contributed by atoms with E-state index in [1.54, 1.807) is 18.2 Å². The fourth-order valence-corrected chi connectivity index (χ4v) is 2.39. The summed E-state index contributed by atoms with van der Waals surface area (Å²) in [5, 5.41) is 8.49. The highest BCUT2D eigenvalue weighted by Gasteiger charge is 2.20. The van der Waals surface area contributed by atoms with E-state index < -0.39 is 10.0 Å². The van der Waals surface area contributed by atoms with E-state index >= 15 is 0 Å². The summed E-state index contributed by atoms with van der Waals surface area (Å²) < 4.78 is 25.0. The second-order valence-corrected chi connectivity index (χ2v) is 5.71. The first kappa shape index (κ1) is 12.7. The highest BCUT2D eigenvalue weighted by atomic mass is 32.2. The van der Waals surface area contributed by atoms with Gasteiger partial charge in [-0.3, -0.25) is 0 Å². The molecule has 1 aromatic carbocycles. The molecule has 0 aliphatic heterocycles. The van der Waals surface area contributed by atoms with Crippen LogP contribution < -0.4 is 0 Å². The summed E-state index contributed by atoms with van der Waals surface area (Å²) in [6.45, 7) is 3.64. The molecule has 0 spiro atoms. The van der Waals surface area contributed by atoms with Crippen molar-refractivity contribution in [3.63, 3.8) is 0 Å². The minimum absolute atomic E-state index is 0.144. The molecule has 1 rings (SSSR count). The molecule has 4 nitrogen and oxygen atoms in total. The fourth-order valence-electron chi connectivity index (χ4n) is 1.24. The molecule has 0 bridgehead atoms. The van der Waals surface area contributed by atoms with E-state index in [0.29, 0.717) is 0 Å². The van der Waals surface area contributed by atoms with E-state index in [1.165, 1.54) is 7.05 Å². The first-order valence-corrected chi connectivity index (χ1v) is 6.24. The number of rotatable bonds is 3. The quantitative estimate of drug-likeness (QED) is 0.749. The van der Waals surface area contributed by atoms with Crippen LogP contribution in [0.15, 0.2) is 23.1 Å². The lowest BCUT2D eigenvalue weighted by Crippen LogP contribution is -2.27. The molecule has 86 valence electrons.